The summed E-state index contributed by atoms with van der Waals surface area (Å²) < 4.78 is 0.940. The van der Waals surface area contributed by atoms with Crippen LogP contribution in [0.4, 0.5) is 0 Å². The second-order valence-electron chi connectivity index (χ2n) is 2.69. The van der Waals surface area contributed by atoms with Crippen molar-refractivity contribution in [1.29, 1.82) is 0 Å². The molecule has 76 valence electrons. The smallest absolute Gasteiger partial charge is 0.0681 e. The van der Waals surface area contributed by atoms with E-state index in [9.17, 15) is 0 Å². The van der Waals surface area contributed by atoms with Crippen LogP contribution in [0, 0.1) is 0 Å². The predicted octanol–water partition coefficient (Wildman–Crippen LogP) is 4.11. The first-order chi connectivity index (χ1) is 7.27. The fourth-order valence-corrected chi connectivity index (χ4v) is 1.33. The number of benzene rings is 1. The number of halogens is 1. The van der Waals surface area contributed by atoms with Gasteiger partial charge in [0.2, 0.25) is 0 Å². The van der Waals surface area contributed by atoms with Crippen molar-refractivity contribution < 1.29 is 0 Å². The van der Waals surface area contributed by atoms with E-state index in [-0.39, 0.29) is 6.54 Å². The molecule has 1 unspecified atom stereocenters. The van der Waals surface area contributed by atoms with Gasteiger partial charge in [0, 0.05) is 20.8 Å². The van der Waals surface area contributed by atoms with E-state index in [1.165, 1.54) is 0 Å². The summed E-state index contributed by atoms with van der Waals surface area (Å²) in [6.07, 6.45) is 0. The van der Waals surface area contributed by atoms with Gasteiger partial charge in [-0.25, -0.2) is 0 Å². The maximum Gasteiger partial charge on any atom is 0.0681 e. The lowest BCUT2D eigenvalue weighted by molar-refractivity contribution is 0.726. The molecule has 0 aliphatic carbocycles. The highest BCUT2D eigenvalue weighted by Crippen LogP contribution is 2.20. The molecule has 0 saturated carbocycles. The standard InChI is InChI=1S/C8H7BrN6/c9-7-3-1-6(2-4-7)8(13-15-11)5-12-14-10/h1-4,8H,5H2. The molecule has 0 heterocycles. The molecule has 0 fully saturated rings. The number of hydrogen-bond donors (Lipinski definition) is 0. The van der Waals surface area contributed by atoms with Crippen molar-refractivity contribution in [2.24, 2.45) is 10.2 Å². The van der Waals surface area contributed by atoms with E-state index in [2.05, 4.69) is 36.0 Å². The van der Waals surface area contributed by atoms with Gasteiger partial charge in [-0.05, 0) is 28.8 Å². The Balaban J connectivity index is 2.92. The molecule has 1 aromatic rings. The molecule has 6 nitrogen and oxygen atoms in total. The molecule has 0 saturated heterocycles. The average Bonchev–Trinajstić information content (AvgIpc) is 2.25. The Labute approximate surface area is 94.3 Å². The normalized spacial score (nSPS) is 11.0. The van der Waals surface area contributed by atoms with E-state index in [1.807, 2.05) is 24.3 Å². The monoisotopic (exact) mass is 266 g/mol. The van der Waals surface area contributed by atoms with Crippen LogP contribution in [0.1, 0.15) is 11.6 Å². The second kappa shape index (κ2) is 5.93. The summed E-state index contributed by atoms with van der Waals surface area (Å²) in [5.74, 6) is 0. The van der Waals surface area contributed by atoms with Crippen LogP contribution in [0.3, 0.4) is 0 Å². The van der Waals surface area contributed by atoms with Gasteiger partial charge in [-0.1, -0.05) is 38.3 Å². The molecule has 0 amide bonds. The summed E-state index contributed by atoms with van der Waals surface area (Å²) in [5, 5.41) is 6.96. The highest BCUT2D eigenvalue weighted by atomic mass is 79.9. The second-order valence-corrected chi connectivity index (χ2v) is 3.60. The zero-order valence-corrected chi connectivity index (χ0v) is 9.24. The zero-order chi connectivity index (χ0) is 11.1. The molecule has 1 rings (SSSR count). The van der Waals surface area contributed by atoms with Gasteiger partial charge in [0.25, 0.3) is 0 Å². The summed E-state index contributed by atoms with van der Waals surface area (Å²) in [6, 6.07) is 6.86. The highest BCUT2D eigenvalue weighted by Gasteiger charge is 2.07. The first kappa shape index (κ1) is 11.4. The van der Waals surface area contributed by atoms with Gasteiger partial charge in [-0.2, -0.15) is 0 Å². The third-order valence-electron chi connectivity index (χ3n) is 1.76. The van der Waals surface area contributed by atoms with Gasteiger partial charge >= 0.3 is 0 Å². The molecular weight excluding hydrogens is 260 g/mol. The zero-order valence-electron chi connectivity index (χ0n) is 7.66. The molecule has 0 aliphatic heterocycles. The van der Waals surface area contributed by atoms with Gasteiger partial charge < -0.3 is 0 Å². The van der Waals surface area contributed by atoms with Gasteiger partial charge in [0.1, 0.15) is 0 Å². The number of hydrogen-bond acceptors (Lipinski definition) is 2. The maximum absolute atomic E-state index is 8.37. The third kappa shape index (κ3) is 3.52. The minimum absolute atomic E-state index is 0.127. The van der Waals surface area contributed by atoms with E-state index in [0.29, 0.717) is 0 Å². The van der Waals surface area contributed by atoms with Gasteiger partial charge in [-0.15, -0.1) is 0 Å². The average molecular weight is 267 g/mol. The Morgan fingerprint density at radius 2 is 1.87 bits per heavy atom. The van der Waals surface area contributed by atoms with E-state index in [1.54, 1.807) is 0 Å². The van der Waals surface area contributed by atoms with Crippen molar-refractivity contribution in [3.05, 3.63) is 55.2 Å². The largest absolute Gasteiger partial charge is 0.0932 e. The summed E-state index contributed by atoms with van der Waals surface area (Å²) >= 11 is 3.30. The molecule has 0 radical (unpaired) electrons. The Morgan fingerprint density at radius 1 is 1.20 bits per heavy atom. The lowest BCUT2D eigenvalue weighted by atomic mass is 10.1. The van der Waals surface area contributed by atoms with Crippen molar-refractivity contribution in [3.63, 3.8) is 0 Å². The topological polar surface area (TPSA) is 97.5 Å². The van der Waals surface area contributed by atoms with Crippen LogP contribution in [0.25, 0.3) is 20.9 Å². The quantitative estimate of drug-likeness (QED) is 0.445. The lowest BCUT2D eigenvalue weighted by Crippen LogP contribution is -1.97. The Hall–Kier alpha value is -1.68. The Morgan fingerprint density at radius 3 is 2.40 bits per heavy atom. The highest BCUT2D eigenvalue weighted by molar-refractivity contribution is 9.10. The van der Waals surface area contributed by atoms with Crippen molar-refractivity contribution in [2.75, 3.05) is 6.54 Å². The molecule has 0 spiro atoms. The molecule has 0 bridgehead atoms. The van der Waals surface area contributed by atoms with E-state index >= 15 is 0 Å². The molecular formula is C8H7BrN6. The van der Waals surface area contributed by atoms with Crippen molar-refractivity contribution >= 4 is 15.9 Å². The molecule has 0 N–H and O–H groups in total. The fourth-order valence-electron chi connectivity index (χ4n) is 1.07. The van der Waals surface area contributed by atoms with Crippen LogP contribution >= 0.6 is 15.9 Å². The first-order valence-electron chi connectivity index (χ1n) is 4.08. The van der Waals surface area contributed by atoms with E-state index in [0.717, 1.165) is 10.0 Å². The van der Waals surface area contributed by atoms with Crippen LogP contribution in [0.2, 0.25) is 0 Å². The molecule has 1 atom stereocenters. The SMILES string of the molecule is [N-]=[N+]=NCC(N=[N+]=[N-])c1ccc(Br)cc1. The molecule has 1 aromatic carbocycles. The number of azide groups is 2. The van der Waals surface area contributed by atoms with E-state index in [4.69, 9.17) is 11.1 Å². The van der Waals surface area contributed by atoms with Crippen molar-refractivity contribution in [1.82, 2.24) is 0 Å². The molecule has 0 aromatic heterocycles. The van der Waals surface area contributed by atoms with Gasteiger partial charge in [-0.3, -0.25) is 0 Å². The van der Waals surface area contributed by atoms with Gasteiger partial charge in [0.05, 0.1) is 6.04 Å². The lowest BCUT2D eigenvalue weighted by Gasteiger charge is -2.07. The predicted molar refractivity (Wildman–Crippen MR) is 60.0 cm³/mol. The summed E-state index contributed by atoms with van der Waals surface area (Å²) in [4.78, 5) is 5.35. The summed E-state index contributed by atoms with van der Waals surface area (Å²) in [7, 11) is 0. The molecule has 0 aliphatic rings. The Bertz CT molecular complexity index is 415. The molecule has 15 heavy (non-hydrogen) atoms. The van der Waals surface area contributed by atoms with Crippen LogP contribution < -0.4 is 0 Å². The third-order valence-corrected chi connectivity index (χ3v) is 2.29. The number of rotatable bonds is 4. The first-order valence-corrected chi connectivity index (χ1v) is 4.87. The van der Waals surface area contributed by atoms with E-state index < -0.39 is 6.04 Å². The molecule has 7 heteroatoms. The summed E-state index contributed by atoms with van der Waals surface area (Å²) in [6.45, 7) is 0.127. The number of nitrogens with zero attached hydrogens (tertiary/aromatic N) is 6. The Kier molecular flexibility index (Phi) is 4.50. The van der Waals surface area contributed by atoms with Crippen molar-refractivity contribution in [3.8, 4) is 0 Å². The van der Waals surface area contributed by atoms with Crippen LogP contribution in [-0.2, 0) is 0 Å². The minimum atomic E-state index is -0.445. The summed E-state index contributed by atoms with van der Waals surface area (Å²) in [5.41, 5.74) is 17.4. The van der Waals surface area contributed by atoms with Crippen molar-refractivity contribution in [2.45, 2.75) is 6.04 Å². The maximum atomic E-state index is 8.37. The fraction of sp³-hybridized carbons (Fsp3) is 0.250. The van der Waals surface area contributed by atoms with Crippen LogP contribution in [0.5, 0.6) is 0 Å². The van der Waals surface area contributed by atoms with Crippen LogP contribution in [0.15, 0.2) is 39.0 Å². The van der Waals surface area contributed by atoms with Crippen LogP contribution in [-0.4, -0.2) is 6.54 Å². The minimum Gasteiger partial charge on any atom is -0.0932 e. The van der Waals surface area contributed by atoms with Gasteiger partial charge in [0.15, 0.2) is 0 Å².